The van der Waals surface area contributed by atoms with Gasteiger partial charge in [-0.3, -0.25) is 0 Å². The summed E-state index contributed by atoms with van der Waals surface area (Å²) in [6.45, 7) is 8.32. The molecule has 1 heterocycles. The molecule has 0 amide bonds. The van der Waals surface area contributed by atoms with Crippen LogP contribution in [0.4, 0.5) is 0 Å². The van der Waals surface area contributed by atoms with Crippen molar-refractivity contribution in [3.8, 4) is 5.75 Å². The van der Waals surface area contributed by atoms with E-state index in [9.17, 15) is 5.11 Å². The first-order valence-electron chi connectivity index (χ1n) is 6.74. The monoisotopic (exact) mass is 248 g/mol. The van der Waals surface area contributed by atoms with Crippen molar-refractivity contribution in [1.82, 2.24) is 10.2 Å². The highest BCUT2D eigenvalue weighted by atomic mass is 16.3. The minimum atomic E-state index is 0.427. The highest BCUT2D eigenvalue weighted by Crippen LogP contribution is 2.22. The second kappa shape index (κ2) is 5.72. The Hall–Kier alpha value is -1.06. The molecule has 1 unspecified atom stereocenters. The first kappa shape index (κ1) is 13.4. The molecule has 0 radical (unpaired) electrons. The minimum absolute atomic E-state index is 0.427. The van der Waals surface area contributed by atoms with E-state index < -0.39 is 0 Å². The topological polar surface area (TPSA) is 35.5 Å². The molecule has 2 N–H and O–H groups in total. The Balaban J connectivity index is 1.83. The summed E-state index contributed by atoms with van der Waals surface area (Å²) in [5, 5.41) is 13.3. The van der Waals surface area contributed by atoms with E-state index in [1.165, 1.54) is 25.1 Å². The maximum atomic E-state index is 9.73. The summed E-state index contributed by atoms with van der Waals surface area (Å²) in [4.78, 5) is 2.39. The summed E-state index contributed by atoms with van der Waals surface area (Å²) >= 11 is 0. The normalized spacial score (nSPS) is 20.5. The molecule has 18 heavy (non-hydrogen) atoms. The third-order valence-corrected chi connectivity index (χ3v) is 3.80. The van der Waals surface area contributed by atoms with Gasteiger partial charge in [-0.05, 0) is 63.0 Å². The largest absolute Gasteiger partial charge is 0.507 e. The van der Waals surface area contributed by atoms with E-state index in [2.05, 4.69) is 29.4 Å². The quantitative estimate of drug-likeness (QED) is 0.856. The number of phenolic OH excluding ortho intramolecular Hbond substituents is 1. The molecule has 1 saturated heterocycles. The van der Waals surface area contributed by atoms with Gasteiger partial charge in [0.15, 0.2) is 0 Å². The number of nitrogens with one attached hydrogen (secondary N) is 1. The van der Waals surface area contributed by atoms with Gasteiger partial charge in [0, 0.05) is 13.1 Å². The third-order valence-electron chi connectivity index (χ3n) is 3.80. The van der Waals surface area contributed by atoms with Crippen LogP contribution in [-0.4, -0.2) is 36.7 Å². The fourth-order valence-electron chi connectivity index (χ4n) is 2.76. The number of phenols is 1. The average Bonchev–Trinajstić information content (AvgIpc) is 2.72. The van der Waals surface area contributed by atoms with E-state index in [1.54, 1.807) is 0 Å². The molecule has 3 heteroatoms. The smallest absolute Gasteiger partial charge is 0.121 e. The Morgan fingerprint density at radius 3 is 2.56 bits per heavy atom. The number of nitrogens with zero attached hydrogens (tertiary/aromatic N) is 1. The number of likely N-dealkylation sites (tertiary alicyclic amines) is 1. The number of aryl methyl sites for hydroxylation is 2. The van der Waals surface area contributed by atoms with Crippen LogP contribution in [0.3, 0.4) is 0 Å². The van der Waals surface area contributed by atoms with Crippen molar-refractivity contribution in [1.29, 1.82) is 0 Å². The Labute approximate surface area is 110 Å². The Kier molecular flexibility index (Phi) is 4.25. The molecular weight excluding hydrogens is 224 g/mol. The first-order valence-corrected chi connectivity index (χ1v) is 6.74. The molecule has 0 saturated carbocycles. The molecule has 3 nitrogen and oxygen atoms in total. The van der Waals surface area contributed by atoms with Gasteiger partial charge in [-0.2, -0.15) is 0 Å². The standard InChI is InChI=1S/C15H24N2O/c1-11-6-14(7-12(2)15(11)18)9-16-8-13-4-5-17(3)10-13/h6-7,13,16,18H,4-5,8-10H2,1-3H3. The zero-order chi connectivity index (χ0) is 13.1. The number of benzene rings is 1. The van der Waals surface area contributed by atoms with Crippen LogP contribution in [0, 0.1) is 19.8 Å². The summed E-state index contributed by atoms with van der Waals surface area (Å²) in [6.07, 6.45) is 1.30. The van der Waals surface area contributed by atoms with Crippen LogP contribution < -0.4 is 5.32 Å². The number of aromatic hydroxyl groups is 1. The lowest BCUT2D eigenvalue weighted by atomic mass is 10.1. The van der Waals surface area contributed by atoms with Crippen molar-refractivity contribution in [3.05, 3.63) is 28.8 Å². The lowest BCUT2D eigenvalue weighted by Gasteiger charge is -2.13. The predicted molar refractivity (Wildman–Crippen MR) is 74.9 cm³/mol. The molecule has 2 rings (SSSR count). The van der Waals surface area contributed by atoms with Crippen molar-refractivity contribution in [3.63, 3.8) is 0 Å². The fourth-order valence-corrected chi connectivity index (χ4v) is 2.76. The average molecular weight is 248 g/mol. The van der Waals surface area contributed by atoms with E-state index in [4.69, 9.17) is 0 Å². The molecular formula is C15H24N2O. The highest BCUT2D eigenvalue weighted by Gasteiger charge is 2.18. The van der Waals surface area contributed by atoms with Gasteiger partial charge in [0.2, 0.25) is 0 Å². The summed E-state index contributed by atoms with van der Waals surface area (Å²) in [7, 11) is 2.19. The van der Waals surface area contributed by atoms with E-state index in [-0.39, 0.29) is 0 Å². The summed E-state index contributed by atoms with van der Waals surface area (Å²) < 4.78 is 0. The lowest BCUT2D eigenvalue weighted by Crippen LogP contribution is -2.24. The minimum Gasteiger partial charge on any atom is -0.507 e. The summed E-state index contributed by atoms with van der Waals surface area (Å²) in [5.74, 6) is 1.21. The molecule has 1 aliphatic rings. The molecule has 1 atom stereocenters. The highest BCUT2D eigenvalue weighted by molar-refractivity contribution is 5.42. The van der Waals surface area contributed by atoms with Crippen LogP contribution >= 0.6 is 0 Å². The Bertz CT molecular complexity index is 394. The Morgan fingerprint density at radius 2 is 2.00 bits per heavy atom. The zero-order valence-corrected chi connectivity index (χ0v) is 11.7. The number of hydrogen-bond acceptors (Lipinski definition) is 3. The molecule has 1 fully saturated rings. The SMILES string of the molecule is Cc1cc(CNCC2CCN(C)C2)cc(C)c1O. The first-order chi connectivity index (χ1) is 8.56. The van der Waals surface area contributed by atoms with Crippen LogP contribution in [0.25, 0.3) is 0 Å². The molecule has 100 valence electrons. The van der Waals surface area contributed by atoms with Crippen molar-refractivity contribution >= 4 is 0 Å². The summed E-state index contributed by atoms with van der Waals surface area (Å²) in [5.41, 5.74) is 3.19. The maximum absolute atomic E-state index is 9.73. The van der Waals surface area contributed by atoms with Gasteiger partial charge in [0.05, 0.1) is 0 Å². The van der Waals surface area contributed by atoms with Crippen molar-refractivity contribution in [2.24, 2.45) is 5.92 Å². The van der Waals surface area contributed by atoms with E-state index in [0.29, 0.717) is 5.75 Å². The maximum Gasteiger partial charge on any atom is 0.121 e. The molecule has 1 aromatic carbocycles. The van der Waals surface area contributed by atoms with Crippen molar-refractivity contribution < 1.29 is 5.11 Å². The van der Waals surface area contributed by atoms with Crippen LogP contribution in [0.15, 0.2) is 12.1 Å². The molecule has 0 bridgehead atoms. The van der Waals surface area contributed by atoms with Crippen LogP contribution in [0.2, 0.25) is 0 Å². The van der Waals surface area contributed by atoms with Gasteiger partial charge in [-0.15, -0.1) is 0 Å². The van der Waals surface area contributed by atoms with Gasteiger partial charge < -0.3 is 15.3 Å². The van der Waals surface area contributed by atoms with Gasteiger partial charge >= 0.3 is 0 Å². The van der Waals surface area contributed by atoms with Gasteiger partial charge in [-0.1, -0.05) is 12.1 Å². The molecule has 0 aromatic heterocycles. The Morgan fingerprint density at radius 1 is 1.33 bits per heavy atom. The van der Waals surface area contributed by atoms with Crippen molar-refractivity contribution in [2.75, 3.05) is 26.7 Å². The van der Waals surface area contributed by atoms with Crippen molar-refractivity contribution in [2.45, 2.75) is 26.8 Å². The summed E-state index contributed by atoms with van der Waals surface area (Å²) in [6, 6.07) is 4.13. The predicted octanol–water partition coefficient (Wildman–Crippen LogP) is 2.05. The molecule has 1 aliphatic heterocycles. The number of rotatable bonds is 4. The molecule has 0 spiro atoms. The number of hydrogen-bond donors (Lipinski definition) is 2. The van der Waals surface area contributed by atoms with Gasteiger partial charge in [-0.25, -0.2) is 0 Å². The van der Waals surface area contributed by atoms with E-state index in [1.807, 2.05) is 13.8 Å². The van der Waals surface area contributed by atoms with Crippen LogP contribution in [0.1, 0.15) is 23.1 Å². The third kappa shape index (κ3) is 3.24. The van der Waals surface area contributed by atoms with Crippen LogP contribution in [0.5, 0.6) is 5.75 Å². The van der Waals surface area contributed by atoms with Gasteiger partial charge in [0.1, 0.15) is 5.75 Å². The van der Waals surface area contributed by atoms with E-state index >= 15 is 0 Å². The lowest BCUT2D eigenvalue weighted by molar-refractivity contribution is 0.388. The van der Waals surface area contributed by atoms with E-state index in [0.717, 1.165) is 30.1 Å². The molecule has 0 aliphatic carbocycles. The van der Waals surface area contributed by atoms with Gasteiger partial charge in [0.25, 0.3) is 0 Å². The second-order valence-corrected chi connectivity index (χ2v) is 5.63. The zero-order valence-electron chi connectivity index (χ0n) is 11.7. The van der Waals surface area contributed by atoms with Crippen LogP contribution in [-0.2, 0) is 6.54 Å². The fraction of sp³-hybridized carbons (Fsp3) is 0.600. The second-order valence-electron chi connectivity index (χ2n) is 5.63. The molecule has 1 aromatic rings.